The average Bonchev–Trinajstić information content (AvgIpc) is 3.23. The Morgan fingerprint density at radius 3 is 2.57 bits per heavy atom. The molecule has 0 spiro atoms. The van der Waals surface area contributed by atoms with Crippen molar-refractivity contribution in [2.24, 2.45) is 17.8 Å². The second kappa shape index (κ2) is 6.11. The molecule has 2 aromatic rings. The lowest BCUT2D eigenvalue weighted by molar-refractivity contribution is 0.415. The highest BCUT2D eigenvalue weighted by molar-refractivity contribution is 5.72. The highest BCUT2D eigenvalue weighted by Crippen LogP contribution is 2.43. The van der Waals surface area contributed by atoms with Gasteiger partial charge in [-0.05, 0) is 53.9 Å². The fraction of sp³-hybridized carbons (Fsp3) is 0.333. The molecule has 0 saturated heterocycles. The normalized spacial score (nSPS) is 24.8. The minimum atomic E-state index is 0.759. The number of rotatable bonds is 5. The summed E-state index contributed by atoms with van der Waals surface area (Å²) in [5.74, 6) is 3.28. The summed E-state index contributed by atoms with van der Waals surface area (Å²) in [7, 11) is 1.74. The Hall–Kier alpha value is -2.22. The Bertz CT molecular complexity index is 707. The van der Waals surface area contributed by atoms with Crippen molar-refractivity contribution in [1.82, 2.24) is 0 Å². The number of anilines is 1. The molecular weight excluding hydrogens is 282 g/mol. The second-order valence-electron chi connectivity index (χ2n) is 6.70. The molecule has 2 aliphatic rings. The van der Waals surface area contributed by atoms with Gasteiger partial charge >= 0.3 is 0 Å². The third-order valence-electron chi connectivity index (χ3n) is 5.28. The van der Waals surface area contributed by atoms with Crippen molar-refractivity contribution >= 4 is 5.69 Å². The molecule has 0 amide bonds. The molecule has 1 saturated carbocycles. The van der Waals surface area contributed by atoms with Gasteiger partial charge in [0.05, 0.1) is 12.8 Å². The Morgan fingerprint density at radius 1 is 1.00 bits per heavy atom. The lowest BCUT2D eigenvalue weighted by Crippen LogP contribution is -2.18. The first-order valence-electron chi connectivity index (χ1n) is 8.49. The van der Waals surface area contributed by atoms with Crippen LogP contribution in [-0.2, 0) is 0 Å². The summed E-state index contributed by atoms with van der Waals surface area (Å²) in [5.41, 5.74) is 3.56. The number of benzene rings is 2. The van der Waals surface area contributed by atoms with E-state index in [1.165, 1.54) is 24.0 Å². The summed E-state index contributed by atoms with van der Waals surface area (Å²) in [6.07, 6.45) is 7.50. The number of ether oxygens (including phenoxy) is 1. The van der Waals surface area contributed by atoms with Gasteiger partial charge in [0, 0.05) is 6.54 Å². The number of hydrogen-bond donors (Lipinski definition) is 1. The quantitative estimate of drug-likeness (QED) is 0.786. The van der Waals surface area contributed by atoms with E-state index in [1.54, 1.807) is 7.11 Å². The first-order valence-corrected chi connectivity index (χ1v) is 8.49. The van der Waals surface area contributed by atoms with E-state index in [0.717, 1.165) is 35.7 Å². The van der Waals surface area contributed by atoms with Crippen molar-refractivity contribution in [1.29, 1.82) is 0 Å². The molecule has 0 aromatic heterocycles. The number of fused-ring (bicyclic) bond motifs is 2. The molecule has 23 heavy (non-hydrogen) atoms. The number of hydrogen-bond acceptors (Lipinski definition) is 2. The predicted octanol–water partition coefficient (Wildman–Crippen LogP) is 4.99. The Morgan fingerprint density at radius 2 is 1.87 bits per heavy atom. The van der Waals surface area contributed by atoms with Gasteiger partial charge in [0.1, 0.15) is 5.75 Å². The summed E-state index contributed by atoms with van der Waals surface area (Å²) in [4.78, 5) is 0. The fourth-order valence-electron chi connectivity index (χ4n) is 4.03. The standard InChI is InChI=1S/C21H23NO/c1-23-21-10-9-18(16-5-3-2-4-6-16)13-20(21)22-14-19-12-15-7-8-17(19)11-15/h2-10,13,15,17,19,22H,11-12,14H2,1H3/t15-,17+,19+/m1/s1. The molecule has 0 unspecified atom stereocenters. The van der Waals surface area contributed by atoms with Crippen LogP contribution < -0.4 is 10.1 Å². The van der Waals surface area contributed by atoms with E-state index in [1.807, 2.05) is 0 Å². The van der Waals surface area contributed by atoms with Crippen LogP contribution in [0.5, 0.6) is 5.75 Å². The molecule has 0 radical (unpaired) electrons. The van der Waals surface area contributed by atoms with E-state index in [-0.39, 0.29) is 0 Å². The highest BCUT2D eigenvalue weighted by Gasteiger charge is 2.35. The van der Waals surface area contributed by atoms with Crippen LogP contribution in [0, 0.1) is 17.8 Å². The molecule has 3 atom stereocenters. The zero-order valence-electron chi connectivity index (χ0n) is 13.5. The molecule has 4 rings (SSSR count). The molecule has 0 aliphatic heterocycles. The zero-order chi connectivity index (χ0) is 15.6. The lowest BCUT2D eigenvalue weighted by Gasteiger charge is -2.20. The Labute approximate surface area is 138 Å². The summed E-state index contributed by atoms with van der Waals surface area (Å²) < 4.78 is 5.54. The van der Waals surface area contributed by atoms with E-state index in [0.29, 0.717) is 0 Å². The highest BCUT2D eigenvalue weighted by atomic mass is 16.5. The average molecular weight is 305 g/mol. The third-order valence-corrected chi connectivity index (χ3v) is 5.28. The molecule has 2 nitrogen and oxygen atoms in total. The van der Waals surface area contributed by atoms with Gasteiger partial charge in [0.2, 0.25) is 0 Å². The molecule has 2 aromatic carbocycles. The van der Waals surface area contributed by atoms with Gasteiger partial charge in [-0.2, -0.15) is 0 Å². The Kier molecular flexibility index (Phi) is 3.82. The van der Waals surface area contributed by atoms with Crippen molar-refractivity contribution in [3.05, 3.63) is 60.7 Å². The molecule has 1 fully saturated rings. The number of allylic oxidation sites excluding steroid dienone is 2. The first kappa shape index (κ1) is 14.4. The van der Waals surface area contributed by atoms with E-state index in [2.05, 4.69) is 66.0 Å². The van der Waals surface area contributed by atoms with Crippen molar-refractivity contribution in [2.75, 3.05) is 19.0 Å². The van der Waals surface area contributed by atoms with Crippen LogP contribution in [0.15, 0.2) is 60.7 Å². The third kappa shape index (κ3) is 2.86. The molecule has 1 N–H and O–H groups in total. The maximum Gasteiger partial charge on any atom is 0.141 e. The smallest absolute Gasteiger partial charge is 0.141 e. The molecule has 2 aliphatic carbocycles. The van der Waals surface area contributed by atoms with Crippen LogP contribution in [0.4, 0.5) is 5.69 Å². The van der Waals surface area contributed by atoms with Crippen molar-refractivity contribution < 1.29 is 4.74 Å². The fourth-order valence-corrected chi connectivity index (χ4v) is 4.03. The summed E-state index contributed by atoms with van der Waals surface area (Å²) in [5, 5.41) is 3.64. The van der Waals surface area contributed by atoms with Gasteiger partial charge in [-0.3, -0.25) is 0 Å². The van der Waals surface area contributed by atoms with Crippen LogP contribution in [0.2, 0.25) is 0 Å². The predicted molar refractivity (Wildman–Crippen MR) is 95.8 cm³/mol. The van der Waals surface area contributed by atoms with E-state index >= 15 is 0 Å². The van der Waals surface area contributed by atoms with Crippen LogP contribution in [-0.4, -0.2) is 13.7 Å². The molecule has 2 bridgehead atoms. The van der Waals surface area contributed by atoms with Crippen LogP contribution in [0.25, 0.3) is 11.1 Å². The van der Waals surface area contributed by atoms with Crippen molar-refractivity contribution in [3.8, 4) is 16.9 Å². The topological polar surface area (TPSA) is 21.3 Å². The second-order valence-corrected chi connectivity index (χ2v) is 6.70. The van der Waals surface area contributed by atoms with Crippen molar-refractivity contribution in [3.63, 3.8) is 0 Å². The summed E-state index contributed by atoms with van der Waals surface area (Å²) in [6, 6.07) is 16.9. The maximum absolute atomic E-state index is 5.54. The number of nitrogens with one attached hydrogen (secondary N) is 1. The summed E-state index contributed by atoms with van der Waals surface area (Å²) >= 11 is 0. The molecule has 118 valence electrons. The minimum Gasteiger partial charge on any atom is -0.495 e. The van der Waals surface area contributed by atoms with E-state index in [4.69, 9.17) is 4.74 Å². The first-order chi connectivity index (χ1) is 11.3. The van der Waals surface area contributed by atoms with Crippen LogP contribution in [0.1, 0.15) is 12.8 Å². The zero-order valence-corrected chi connectivity index (χ0v) is 13.5. The lowest BCUT2D eigenvalue weighted by atomic mass is 9.93. The van der Waals surface area contributed by atoms with Gasteiger partial charge in [-0.15, -0.1) is 0 Å². The molecule has 2 heteroatoms. The Balaban J connectivity index is 1.53. The van der Waals surface area contributed by atoms with Crippen LogP contribution in [0.3, 0.4) is 0 Å². The van der Waals surface area contributed by atoms with Crippen LogP contribution >= 0.6 is 0 Å². The monoisotopic (exact) mass is 305 g/mol. The number of methoxy groups -OCH3 is 1. The largest absolute Gasteiger partial charge is 0.495 e. The van der Waals surface area contributed by atoms with Gasteiger partial charge in [0.15, 0.2) is 0 Å². The maximum atomic E-state index is 5.54. The SMILES string of the molecule is COc1ccc(-c2ccccc2)cc1NC[C@@H]1C[C@@H]2C=C[C@H]1C2. The molecular formula is C21H23NO. The van der Waals surface area contributed by atoms with E-state index < -0.39 is 0 Å². The van der Waals surface area contributed by atoms with Gasteiger partial charge in [-0.1, -0.05) is 48.6 Å². The van der Waals surface area contributed by atoms with Gasteiger partial charge in [0.25, 0.3) is 0 Å². The minimum absolute atomic E-state index is 0.759. The van der Waals surface area contributed by atoms with Gasteiger partial charge < -0.3 is 10.1 Å². The van der Waals surface area contributed by atoms with Crippen molar-refractivity contribution in [2.45, 2.75) is 12.8 Å². The van der Waals surface area contributed by atoms with E-state index in [9.17, 15) is 0 Å². The molecule has 0 heterocycles. The van der Waals surface area contributed by atoms with Gasteiger partial charge in [-0.25, -0.2) is 0 Å². The summed E-state index contributed by atoms with van der Waals surface area (Å²) in [6.45, 7) is 1.03.